The Morgan fingerprint density at radius 2 is 2.06 bits per heavy atom. The van der Waals surface area contributed by atoms with Gasteiger partial charge < -0.3 is 15.4 Å². The second kappa shape index (κ2) is 9.29. The zero-order valence-electron chi connectivity index (χ0n) is 11.4. The van der Waals surface area contributed by atoms with Crippen molar-refractivity contribution >= 4 is 15.7 Å². The Bertz CT molecular complexity index is 330. The summed E-state index contributed by atoms with van der Waals surface area (Å²) in [5.74, 6) is -0.884. The average molecular weight is 280 g/mol. The molecule has 0 aromatic heterocycles. The summed E-state index contributed by atoms with van der Waals surface area (Å²) in [5.41, 5.74) is 0. The van der Waals surface area contributed by atoms with Gasteiger partial charge in [-0.1, -0.05) is 0 Å². The summed E-state index contributed by atoms with van der Waals surface area (Å²) in [6.45, 7) is 5.51. The molecule has 0 saturated carbocycles. The van der Waals surface area contributed by atoms with Crippen molar-refractivity contribution in [3.05, 3.63) is 0 Å². The molecule has 0 spiro atoms. The van der Waals surface area contributed by atoms with Crippen LogP contribution in [0.2, 0.25) is 0 Å². The number of rotatable bonds is 10. The Labute approximate surface area is 109 Å². The van der Waals surface area contributed by atoms with E-state index in [9.17, 15) is 13.2 Å². The predicted molar refractivity (Wildman–Crippen MR) is 71.3 cm³/mol. The van der Waals surface area contributed by atoms with E-state index in [1.54, 1.807) is 21.0 Å². The molecule has 2 N–H and O–H groups in total. The van der Waals surface area contributed by atoms with Crippen LogP contribution in [0.3, 0.4) is 0 Å². The first-order valence-electron chi connectivity index (χ1n) is 6.12. The molecule has 1 amide bonds. The summed E-state index contributed by atoms with van der Waals surface area (Å²) < 4.78 is 28.5. The van der Waals surface area contributed by atoms with E-state index in [2.05, 4.69) is 10.6 Å². The summed E-state index contributed by atoms with van der Waals surface area (Å²) in [4.78, 5) is 11.3. The first-order chi connectivity index (χ1) is 8.44. The molecule has 0 rings (SSSR count). The van der Waals surface area contributed by atoms with Gasteiger partial charge in [0.2, 0.25) is 5.91 Å². The Kier molecular flexibility index (Phi) is 8.95. The normalized spacial score (nSPS) is 13.3. The summed E-state index contributed by atoms with van der Waals surface area (Å²) in [5, 5.41) is 4.96. The van der Waals surface area contributed by atoms with Gasteiger partial charge in [-0.15, -0.1) is 0 Å². The van der Waals surface area contributed by atoms with Crippen LogP contribution in [0.5, 0.6) is 0 Å². The summed E-state index contributed by atoms with van der Waals surface area (Å²) in [6, 6.07) is 0. The molecule has 0 heterocycles. The number of hydrogen-bond donors (Lipinski definition) is 2. The summed E-state index contributed by atoms with van der Waals surface area (Å²) in [7, 11) is -1.76. The van der Waals surface area contributed by atoms with Crippen LogP contribution in [0.15, 0.2) is 0 Å². The van der Waals surface area contributed by atoms with E-state index < -0.39 is 26.7 Å². The van der Waals surface area contributed by atoms with Crippen molar-refractivity contribution in [2.45, 2.75) is 25.5 Å². The number of hydrogen-bond acceptors (Lipinski definition) is 5. The van der Waals surface area contributed by atoms with E-state index in [0.29, 0.717) is 26.2 Å². The Morgan fingerprint density at radius 1 is 1.39 bits per heavy atom. The van der Waals surface area contributed by atoms with Crippen molar-refractivity contribution in [3.8, 4) is 0 Å². The number of nitrogens with one attached hydrogen (secondary N) is 2. The molecule has 6 nitrogen and oxygen atoms in total. The van der Waals surface area contributed by atoms with E-state index in [1.165, 1.54) is 0 Å². The summed E-state index contributed by atoms with van der Waals surface area (Å²) in [6.07, 6.45) is 0.833. The molecule has 1 unspecified atom stereocenters. The van der Waals surface area contributed by atoms with Gasteiger partial charge in [0.1, 0.15) is 5.75 Å². The highest BCUT2D eigenvalue weighted by atomic mass is 32.2. The predicted octanol–water partition coefficient (Wildman–Crippen LogP) is -0.448. The average Bonchev–Trinajstić information content (AvgIpc) is 2.28. The zero-order valence-corrected chi connectivity index (χ0v) is 12.2. The van der Waals surface area contributed by atoms with Crippen molar-refractivity contribution in [1.82, 2.24) is 10.6 Å². The van der Waals surface area contributed by atoms with Crippen molar-refractivity contribution in [1.29, 1.82) is 0 Å². The third-order valence-electron chi connectivity index (χ3n) is 2.45. The lowest BCUT2D eigenvalue weighted by Gasteiger charge is -2.13. The minimum atomic E-state index is -3.38. The zero-order chi connectivity index (χ0) is 14.0. The molecule has 0 radical (unpaired) electrons. The number of carbonyl (C=O) groups excluding carboxylic acids is 1. The molecule has 108 valence electrons. The Morgan fingerprint density at radius 3 is 2.61 bits per heavy atom. The standard InChI is InChI=1S/C11H24N2O4S/c1-4-13-11(14)9-18(15,16)10(2)8-12-6-5-7-17-3/h10,12H,4-9H2,1-3H3,(H,13,14). The molecule has 1 atom stereocenters. The molecule has 0 aliphatic rings. The molecule has 0 saturated heterocycles. The highest BCUT2D eigenvalue weighted by Crippen LogP contribution is 2.00. The second-order valence-electron chi connectivity index (χ2n) is 4.12. The molecule has 0 aliphatic carbocycles. The fraction of sp³-hybridized carbons (Fsp3) is 0.909. The van der Waals surface area contributed by atoms with Gasteiger partial charge in [0.25, 0.3) is 0 Å². The van der Waals surface area contributed by atoms with Gasteiger partial charge in [-0.05, 0) is 26.8 Å². The van der Waals surface area contributed by atoms with Crippen molar-refractivity contribution < 1.29 is 17.9 Å². The van der Waals surface area contributed by atoms with E-state index in [1.807, 2.05) is 0 Å². The van der Waals surface area contributed by atoms with Crippen LogP contribution in [-0.4, -0.2) is 58.7 Å². The first kappa shape index (κ1) is 17.3. The lowest BCUT2D eigenvalue weighted by molar-refractivity contribution is -0.118. The molecule has 0 bridgehead atoms. The number of amides is 1. The van der Waals surface area contributed by atoms with Gasteiger partial charge in [0.05, 0.1) is 5.25 Å². The minimum absolute atomic E-state index is 0.353. The topological polar surface area (TPSA) is 84.5 Å². The fourth-order valence-corrected chi connectivity index (χ4v) is 2.47. The van der Waals surface area contributed by atoms with Crippen LogP contribution in [0.1, 0.15) is 20.3 Å². The molecule has 0 fully saturated rings. The van der Waals surface area contributed by atoms with E-state index in [4.69, 9.17) is 4.74 Å². The van der Waals surface area contributed by atoms with Gasteiger partial charge in [0, 0.05) is 26.8 Å². The van der Waals surface area contributed by atoms with Crippen molar-refractivity contribution in [2.24, 2.45) is 0 Å². The maximum absolute atomic E-state index is 11.8. The van der Waals surface area contributed by atoms with E-state index >= 15 is 0 Å². The monoisotopic (exact) mass is 280 g/mol. The first-order valence-corrected chi connectivity index (χ1v) is 7.83. The molecular formula is C11H24N2O4S. The largest absolute Gasteiger partial charge is 0.385 e. The Balaban J connectivity index is 3.99. The number of methoxy groups -OCH3 is 1. The van der Waals surface area contributed by atoms with Crippen LogP contribution in [0, 0.1) is 0 Å². The molecule has 0 aromatic carbocycles. The molecule has 0 aliphatic heterocycles. The second-order valence-corrected chi connectivity index (χ2v) is 6.54. The highest BCUT2D eigenvalue weighted by molar-refractivity contribution is 7.92. The third kappa shape index (κ3) is 7.62. The van der Waals surface area contributed by atoms with Gasteiger partial charge >= 0.3 is 0 Å². The van der Waals surface area contributed by atoms with E-state index in [-0.39, 0.29) is 0 Å². The van der Waals surface area contributed by atoms with Gasteiger partial charge in [-0.3, -0.25) is 4.79 Å². The van der Waals surface area contributed by atoms with Crippen LogP contribution in [-0.2, 0) is 19.4 Å². The van der Waals surface area contributed by atoms with Crippen molar-refractivity contribution in [3.63, 3.8) is 0 Å². The summed E-state index contributed by atoms with van der Waals surface area (Å²) >= 11 is 0. The molecule has 0 aromatic rings. The molecular weight excluding hydrogens is 256 g/mol. The fourth-order valence-electron chi connectivity index (χ4n) is 1.35. The highest BCUT2D eigenvalue weighted by Gasteiger charge is 2.23. The van der Waals surface area contributed by atoms with Crippen LogP contribution in [0.25, 0.3) is 0 Å². The Hall–Kier alpha value is -0.660. The molecule has 7 heteroatoms. The van der Waals surface area contributed by atoms with Gasteiger partial charge in [-0.25, -0.2) is 8.42 Å². The SMILES string of the molecule is CCNC(=O)CS(=O)(=O)C(C)CNCCCOC. The van der Waals surface area contributed by atoms with E-state index in [0.717, 1.165) is 6.42 Å². The lowest BCUT2D eigenvalue weighted by Crippen LogP contribution is -2.38. The maximum atomic E-state index is 11.8. The van der Waals surface area contributed by atoms with Gasteiger partial charge in [-0.2, -0.15) is 0 Å². The number of ether oxygens (including phenoxy) is 1. The number of carbonyl (C=O) groups is 1. The van der Waals surface area contributed by atoms with Gasteiger partial charge in [0.15, 0.2) is 9.84 Å². The third-order valence-corrected chi connectivity index (χ3v) is 4.51. The lowest BCUT2D eigenvalue weighted by atomic mass is 10.4. The van der Waals surface area contributed by atoms with Crippen molar-refractivity contribution in [2.75, 3.05) is 39.1 Å². The smallest absolute Gasteiger partial charge is 0.235 e. The minimum Gasteiger partial charge on any atom is -0.385 e. The quantitative estimate of drug-likeness (QED) is 0.530. The van der Waals surface area contributed by atoms with Crippen LogP contribution in [0.4, 0.5) is 0 Å². The number of sulfone groups is 1. The van der Waals surface area contributed by atoms with Crippen LogP contribution < -0.4 is 10.6 Å². The van der Waals surface area contributed by atoms with Crippen LogP contribution >= 0.6 is 0 Å². The molecule has 18 heavy (non-hydrogen) atoms. The maximum Gasteiger partial charge on any atom is 0.235 e.